The summed E-state index contributed by atoms with van der Waals surface area (Å²) in [7, 11) is -17.8. The minimum atomic E-state index is -4.97. The molecule has 2 aromatic rings. The third-order valence-corrected chi connectivity index (χ3v) is 13.5. The zero-order valence-electron chi connectivity index (χ0n) is 29.5. The molecule has 294 valence electrons. The van der Waals surface area contributed by atoms with E-state index in [-0.39, 0.29) is 62.2 Å². The summed E-state index contributed by atoms with van der Waals surface area (Å²) in [6.07, 6.45) is 1.75. The molecule has 5 rings (SSSR count). The van der Waals surface area contributed by atoms with E-state index in [2.05, 4.69) is 19.4 Å². The fourth-order valence-electron chi connectivity index (χ4n) is 7.11. The number of rotatable bonds is 13. The highest BCUT2D eigenvalue weighted by Gasteiger charge is 2.36. The summed E-state index contributed by atoms with van der Waals surface area (Å²) in [5, 5.41) is 8.16. The van der Waals surface area contributed by atoms with E-state index in [0.29, 0.717) is 31.7 Å². The number of fused-ring (bicyclic) bond motifs is 2. The fraction of sp³-hybridized carbons (Fsp3) is 0.548. The molecular weight excluding hydrogens is 778 g/mol. The van der Waals surface area contributed by atoms with Gasteiger partial charge in [-0.3, -0.25) is 0 Å². The second-order valence-electron chi connectivity index (χ2n) is 14.0. The van der Waals surface area contributed by atoms with E-state index in [9.17, 15) is 26.0 Å². The van der Waals surface area contributed by atoms with Crippen LogP contribution in [0.1, 0.15) is 68.4 Å². The van der Waals surface area contributed by atoms with Gasteiger partial charge in [0, 0.05) is 48.4 Å². The van der Waals surface area contributed by atoms with Crippen molar-refractivity contribution in [1.29, 1.82) is 0 Å². The highest BCUT2D eigenvalue weighted by Crippen LogP contribution is 2.38. The van der Waals surface area contributed by atoms with Gasteiger partial charge in [-0.1, -0.05) is 56.2 Å². The van der Waals surface area contributed by atoms with E-state index in [1.54, 1.807) is 6.07 Å². The van der Waals surface area contributed by atoms with Crippen molar-refractivity contribution in [3.05, 3.63) is 64.2 Å². The minimum absolute atomic E-state index is 0.0481. The Labute approximate surface area is 308 Å². The standard InChI is InChI=1S/C31H44N4O14P2S2/c1-20-9-21(2)14-34(13-20)52(42,43)17-24-5-7-26-28(11-24)31(33-47-19-49-51(39,40)41)29-12-25(53(44,45)35-15-22(3)10-23(4)16-35)6-8-27(29)30(26)32-46-18-48-50(36,37)38/h5-8,11-12,20-23H,9-10,13-19H2,1-4H3,(H2,36,37,38)(H2,39,40,41)/b32-30-,33-31+. The van der Waals surface area contributed by atoms with Crippen molar-refractivity contribution >= 4 is 47.1 Å². The first-order valence-electron chi connectivity index (χ1n) is 16.7. The van der Waals surface area contributed by atoms with Gasteiger partial charge < -0.3 is 29.2 Å². The van der Waals surface area contributed by atoms with Crippen LogP contribution < -0.4 is 0 Å². The van der Waals surface area contributed by atoms with E-state index in [1.165, 1.54) is 38.9 Å². The highest BCUT2D eigenvalue weighted by atomic mass is 32.2. The molecule has 0 aromatic heterocycles. The molecule has 2 fully saturated rings. The van der Waals surface area contributed by atoms with Crippen LogP contribution in [0.4, 0.5) is 0 Å². The molecule has 4 N–H and O–H groups in total. The molecule has 1 aliphatic carbocycles. The lowest BCUT2D eigenvalue weighted by molar-refractivity contribution is 0.000325. The summed E-state index contributed by atoms with van der Waals surface area (Å²) < 4.78 is 89.5. The van der Waals surface area contributed by atoms with Gasteiger partial charge in [0.15, 0.2) is 0 Å². The Bertz CT molecular complexity index is 2050. The molecule has 0 amide bonds. The van der Waals surface area contributed by atoms with Crippen LogP contribution in [0.2, 0.25) is 0 Å². The van der Waals surface area contributed by atoms with Gasteiger partial charge in [-0.05, 0) is 60.3 Å². The number of sulfonamides is 2. The molecule has 2 heterocycles. The zero-order chi connectivity index (χ0) is 38.9. The number of phosphoric acid groups is 2. The Balaban J connectivity index is 1.63. The number of nitrogens with zero attached hydrogens (tertiary/aromatic N) is 4. The van der Waals surface area contributed by atoms with E-state index >= 15 is 0 Å². The van der Waals surface area contributed by atoms with Gasteiger partial charge in [0.1, 0.15) is 11.4 Å². The Morgan fingerprint density at radius 1 is 0.660 bits per heavy atom. The summed E-state index contributed by atoms with van der Waals surface area (Å²) in [5.41, 5.74) is 1.09. The van der Waals surface area contributed by atoms with E-state index in [4.69, 9.17) is 29.2 Å². The normalized spacial score (nSPS) is 24.9. The summed E-state index contributed by atoms with van der Waals surface area (Å²) in [4.78, 5) is 46.7. The summed E-state index contributed by atoms with van der Waals surface area (Å²) in [6.45, 7) is 7.27. The molecule has 0 radical (unpaired) electrons. The largest absolute Gasteiger partial charge is 0.472 e. The quantitative estimate of drug-likeness (QED) is 0.0837. The van der Waals surface area contributed by atoms with Crippen molar-refractivity contribution in [3.8, 4) is 0 Å². The molecule has 0 saturated carbocycles. The van der Waals surface area contributed by atoms with Crippen molar-refractivity contribution in [3.63, 3.8) is 0 Å². The number of phosphoric ester groups is 2. The molecule has 18 nitrogen and oxygen atoms in total. The molecule has 0 bridgehead atoms. The summed E-state index contributed by atoms with van der Waals surface area (Å²) in [5.74, 6) is 0.135. The fourth-order valence-corrected chi connectivity index (χ4v) is 10.9. The van der Waals surface area contributed by atoms with Crippen LogP contribution in [-0.2, 0) is 53.7 Å². The van der Waals surface area contributed by atoms with Crippen molar-refractivity contribution in [1.82, 2.24) is 8.61 Å². The first-order valence-corrected chi connectivity index (χ1v) is 22.8. The third kappa shape index (κ3) is 10.6. The van der Waals surface area contributed by atoms with Crippen LogP contribution in [-0.4, -0.2) is 96.2 Å². The Morgan fingerprint density at radius 2 is 1.09 bits per heavy atom. The van der Waals surface area contributed by atoms with Crippen molar-refractivity contribution in [2.75, 3.05) is 39.8 Å². The monoisotopic (exact) mass is 822 g/mol. The number of piperidine rings is 2. The molecular formula is C31H44N4O14P2S2. The molecule has 0 spiro atoms. The Hall–Kier alpha value is -2.58. The average Bonchev–Trinajstić information content (AvgIpc) is 3.03. The van der Waals surface area contributed by atoms with Gasteiger partial charge in [0.2, 0.25) is 33.6 Å². The molecule has 53 heavy (non-hydrogen) atoms. The number of benzene rings is 2. The van der Waals surface area contributed by atoms with Crippen LogP contribution in [0.15, 0.2) is 51.6 Å². The Morgan fingerprint density at radius 3 is 1.58 bits per heavy atom. The molecule has 2 saturated heterocycles. The first-order chi connectivity index (χ1) is 24.6. The van der Waals surface area contributed by atoms with Gasteiger partial charge in [0.05, 0.1) is 10.6 Å². The minimum Gasteiger partial charge on any atom is -0.366 e. The second kappa shape index (κ2) is 16.3. The van der Waals surface area contributed by atoms with Gasteiger partial charge >= 0.3 is 15.6 Å². The number of hydrogen-bond acceptors (Lipinski definition) is 12. The van der Waals surface area contributed by atoms with Crippen LogP contribution in [0.5, 0.6) is 0 Å². The van der Waals surface area contributed by atoms with Crippen LogP contribution in [0, 0.1) is 23.7 Å². The van der Waals surface area contributed by atoms with Gasteiger partial charge in [-0.25, -0.2) is 39.3 Å². The third-order valence-electron chi connectivity index (χ3n) is 9.01. The Kier molecular flexibility index (Phi) is 12.8. The maximum Gasteiger partial charge on any atom is 0.472 e. The first kappa shape index (κ1) is 41.6. The maximum absolute atomic E-state index is 14.0. The lowest BCUT2D eigenvalue weighted by Gasteiger charge is -2.34. The average molecular weight is 823 g/mol. The predicted octanol–water partition coefficient (Wildman–Crippen LogP) is 3.15. The van der Waals surface area contributed by atoms with Gasteiger partial charge in [-0.15, -0.1) is 0 Å². The molecule has 4 atom stereocenters. The lowest BCUT2D eigenvalue weighted by atomic mass is 9.82. The van der Waals surface area contributed by atoms with Crippen LogP contribution >= 0.6 is 15.6 Å². The summed E-state index contributed by atoms with van der Waals surface area (Å²) >= 11 is 0. The lowest BCUT2D eigenvalue weighted by Crippen LogP contribution is -2.43. The smallest absolute Gasteiger partial charge is 0.366 e. The van der Waals surface area contributed by atoms with Crippen molar-refractivity contribution in [2.24, 2.45) is 34.0 Å². The molecule has 22 heteroatoms. The molecule has 3 aliphatic rings. The van der Waals surface area contributed by atoms with Gasteiger partial charge in [-0.2, -0.15) is 4.31 Å². The topological polar surface area (TPSA) is 251 Å². The number of oxime groups is 2. The highest BCUT2D eigenvalue weighted by molar-refractivity contribution is 7.89. The maximum atomic E-state index is 14.0. The van der Waals surface area contributed by atoms with Crippen molar-refractivity contribution in [2.45, 2.75) is 51.2 Å². The van der Waals surface area contributed by atoms with Gasteiger partial charge in [0.25, 0.3) is 0 Å². The summed E-state index contributed by atoms with van der Waals surface area (Å²) in [6, 6.07) is 8.70. The molecule has 2 aromatic carbocycles. The van der Waals surface area contributed by atoms with E-state index in [0.717, 1.165) is 12.8 Å². The zero-order valence-corrected chi connectivity index (χ0v) is 32.9. The predicted molar refractivity (Wildman–Crippen MR) is 191 cm³/mol. The second-order valence-corrected chi connectivity index (χ2v) is 20.4. The van der Waals surface area contributed by atoms with E-state index < -0.39 is 55.0 Å². The van der Waals surface area contributed by atoms with Crippen LogP contribution in [0.3, 0.4) is 0 Å². The number of hydrogen-bond donors (Lipinski definition) is 4. The van der Waals surface area contributed by atoms with Crippen molar-refractivity contribution < 1.29 is 64.3 Å². The molecule has 4 unspecified atom stereocenters. The van der Waals surface area contributed by atoms with Crippen LogP contribution in [0.25, 0.3) is 0 Å². The SMILES string of the molecule is CC1CC(C)CN(S(=O)(=O)Cc2ccc3c(c2)/C(=N\OCOP(=O)(O)O)c2cc(S(=O)(=O)N4CC(C)CC(C)C4)ccc2/C3=N\OCOP(=O)(O)O)C1. The van der Waals surface area contributed by atoms with E-state index in [1.807, 2.05) is 27.7 Å². The molecule has 2 aliphatic heterocycles.